The smallest absolute Gasteiger partial charge is 0.240 e. The monoisotopic (exact) mass is 360 g/mol. The van der Waals surface area contributed by atoms with Crippen molar-refractivity contribution in [1.29, 1.82) is 0 Å². The van der Waals surface area contributed by atoms with Crippen LogP contribution in [0, 0.1) is 0 Å². The van der Waals surface area contributed by atoms with E-state index in [0.29, 0.717) is 13.1 Å². The van der Waals surface area contributed by atoms with Crippen LogP contribution in [0.4, 0.5) is 5.69 Å². The molecule has 0 aliphatic heterocycles. The molecule has 0 fully saturated rings. The summed E-state index contributed by atoms with van der Waals surface area (Å²) in [5.41, 5.74) is 2.09. The van der Waals surface area contributed by atoms with Crippen LogP contribution in [-0.4, -0.2) is 19.0 Å². The molecule has 1 unspecified atom stereocenters. The number of nitrogens with one attached hydrogen (secondary N) is 1. The third kappa shape index (κ3) is 4.18. The van der Waals surface area contributed by atoms with Gasteiger partial charge < -0.3 is 10.2 Å². The van der Waals surface area contributed by atoms with E-state index < -0.39 is 0 Å². The average Bonchev–Trinajstić information content (AvgIpc) is 2.55. The lowest BCUT2D eigenvalue weighted by Gasteiger charge is -2.23. The molecule has 0 radical (unpaired) electrons. The number of carbonyl (C=O) groups is 1. The summed E-state index contributed by atoms with van der Waals surface area (Å²) in [6.07, 6.45) is 0. The van der Waals surface area contributed by atoms with Crippen molar-refractivity contribution in [3.63, 3.8) is 0 Å². The Kier molecular flexibility index (Phi) is 6.16. The van der Waals surface area contributed by atoms with Gasteiger partial charge in [0.05, 0.1) is 6.54 Å². The molecule has 0 saturated carbocycles. The Balaban J connectivity index is 1.98. The SMILES string of the molecule is CCN(C(=O)CNC(C)c1ccccc1Br)c1ccccc1. The van der Waals surface area contributed by atoms with Crippen molar-refractivity contribution < 1.29 is 4.79 Å². The van der Waals surface area contributed by atoms with Crippen molar-refractivity contribution in [3.05, 3.63) is 64.6 Å². The number of amides is 1. The Morgan fingerprint density at radius 1 is 1.14 bits per heavy atom. The van der Waals surface area contributed by atoms with E-state index in [4.69, 9.17) is 0 Å². The van der Waals surface area contributed by atoms with Crippen molar-refractivity contribution in [1.82, 2.24) is 5.32 Å². The third-order valence-corrected chi connectivity index (χ3v) is 4.34. The molecular formula is C18H21BrN2O. The van der Waals surface area contributed by atoms with Crippen LogP contribution >= 0.6 is 15.9 Å². The predicted octanol–water partition coefficient (Wildman–Crippen LogP) is 4.15. The molecule has 116 valence electrons. The van der Waals surface area contributed by atoms with Crippen LogP contribution in [-0.2, 0) is 4.79 Å². The van der Waals surface area contributed by atoms with Crippen molar-refractivity contribution in [2.24, 2.45) is 0 Å². The normalized spacial score (nSPS) is 12.0. The molecule has 1 atom stereocenters. The average molecular weight is 361 g/mol. The van der Waals surface area contributed by atoms with Gasteiger partial charge >= 0.3 is 0 Å². The summed E-state index contributed by atoms with van der Waals surface area (Å²) in [5.74, 6) is 0.0765. The maximum absolute atomic E-state index is 12.4. The van der Waals surface area contributed by atoms with Crippen LogP contribution in [0.25, 0.3) is 0 Å². The van der Waals surface area contributed by atoms with Gasteiger partial charge in [0.2, 0.25) is 5.91 Å². The van der Waals surface area contributed by atoms with Gasteiger partial charge in [-0.05, 0) is 37.6 Å². The molecule has 1 N–H and O–H groups in total. The molecule has 2 rings (SSSR count). The summed E-state index contributed by atoms with van der Waals surface area (Å²) < 4.78 is 1.05. The molecule has 0 heterocycles. The maximum Gasteiger partial charge on any atom is 0.240 e. The fraction of sp³-hybridized carbons (Fsp3) is 0.278. The van der Waals surface area contributed by atoms with Crippen LogP contribution in [0.3, 0.4) is 0 Å². The van der Waals surface area contributed by atoms with Crippen molar-refractivity contribution in [3.8, 4) is 0 Å². The van der Waals surface area contributed by atoms with Crippen LogP contribution in [0.15, 0.2) is 59.1 Å². The topological polar surface area (TPSA) is 32.3 Å². The van der Waals surface area contributed by atoms with Gasteiger partial charge in [-0.1, -0.05) is 52.3 Å². The molecule has 4 heteroatoms. The largest absolute Gasteiger partial charge is 0.312 e. The van der Waals surface area contributed by atoms with Crippen molar-refractivity contribution in [2.45, 2.75) is 19.9 Å². The number of benzene rings is 2. The minimum Gasteiger partial charge on any atom is -0.312 e. The first-order valence-corrected chi connectivity index (χ1v) is 8.26. The number of hydrogen-bond acceptors (Lipinski definition) is 2. The third-order valence-electron chi connectivity index (χ3n) is 3.62. The number of para-hydroxylation sites is 1. The summed E-state index contributed by atoms with van der Waals surface area (Å²) in [6, 6.07) is 17.9. The van der Waals surface area contributed by atoms with Gasteiger partial charge in [0.15, 0.2) is 0 Å². The molecule has 0 spiro atoms. The molecule has 2 aromatic carbocycles. The number of likely N-dealkylation sites (N-methyl/N-ethyl adjacent to an activating group) is 1. The summed E-state index contributed by atoms with van der Waals surface area (Å²) in [7, 11) is 0. The van der Waals surface area contributed by atoms with Crippen LogP contribution < -0.4 is 10.2 Å². The molecule has 22 heavy (non-hydrogen) atoms. The predicted molar refractivity (Wildman–Crippen MR) is 95.0 cm³/mol. The molecular weight excluding hydrogens is 340 g/mol. The van der Waals surface area contributed by atoms with Gasteiger partial charge in [-0.3, -0.25) is 4.79 Å². The maximum atomic E-state index is 12.4. The van der Waals surface area contributed by atoms with Gasteiger partial charge in [0.25, 0.3) is 0 Å². The first-order chi connectivity index (χ1) is 10.6. The summed E-state index contributed by atoms with van der Waals surface area (Å²) in [6.45, 7) is 5.02. The van der Waals surface area contributed by atoms with Gasteiger partial charge in [0.1, 0.15) is 0 Å². The highest BCUT2D eigenvalue weighted by molar-refractivity contribution is 9.10. The zero-order valence-electron chi connectivity index (χ0n) is 12.9. The van der Waals surface area contributed by atoms with E-state index in [1.54, 1.807) is 4.90 Å². The van der Waals surface area contributed by atoms with Gasteiger partial charge in [0, 0.05) is 22.7 Å². The van der Waals surface area contributed by atoms with Crippen LogP contribution in [0.2, 0.25) is 0 Å². The summed E-state index contributed by atoms with van der Waals surface area (Å²) >= 11 is 3.55. The molecule has 0 aliphatic carbocycles. The second-order valence-corrected chi connectivity index (χ2v) is 5.95. The fourth-order valence-electron chi connectivity index (χ4n) is 2.38. The highest BCUT2D eigenvalue weighted by Gasteiger charge is 2.15. The highest BCUT2D eigenvalue weighted by Crippen LogP contribution is 2.22. The van der Waals surface area contributed by atoms with Crippen molar-refractivity contribution >= 4 is 27.5 Å². The molecule has 0 saturated heterocycles. The van der Waals surface area contributed by atoms with Gasteiger partial charge in [-0.25, -0.2) is 0 Å². The molecule has 2 aromatic rings. The molecule has 1 amide bonds. The number of nitrogens with zero attached hydrogens (tertiary/aromatic N) is 1. The number of halogens is 1. The van der Waals surface area contributed by atoms with E-state index in [1.807, 2.05) is 55.5 Å². The zero-order chi connectivity index (χ0) is 15.9. The number of carbonyl (C=O) groups excluding carboxylic acids is 1. The van der Waals surface area contributed by atoms with Crippen molar-refractivity contribution in [2.75, 3.05) is 18.0 Å². The lowest BCUT2D eigenvalue weighted by Crippen LogP contribution is -2.39. The molecule has 0 bridgehead atoms. The number of anilines is 1. The standard InChI is InChI=1S/C18H21BrN2O/c1-3-21(15-9-5-4-6-10-15)18(22)13-20-14(2)16-11-7-8-12-17(16)19/h4-12,14,20H,3,13H2,1-2H3. The van der Waals surface area contributed by atoms with Gasteiger partial charge in [-0.2, -0.15) is 0 Å². The number of hydrogen-bond donors (Lipinski definition) is 1. The first kappa shape index (κ1) is 16.7. The molecule has 0 aliphatic rings. The highest BCUT2D eigenvalue weighted by atomic mass is 79.9. The number of rotatable bonds is 6. The fourth-order valence-corrected chi connectivity index (χ4v) is 3.01. The van der Waals surface area contributed by atoms with Gasteiger partial charge in [-0.15, -0.1) is 0 Å². The zero-order valence-corrected chi connectivity index (χ0v) is 14.5. The second kappa shape index (κ2) is 8.11. The first-order valence-electron chi connectivity index (χ1n) is 7.46. The van der Waals surface area contributed by atoms with E-state index in [0.717, 1.165) is 15.7 Å². The summed E-state index contributed by atoms with van der Waals surface area (Å²) in [4.78, 5) is 14.2. The van der Waals surface area contributed by atoms with E-state index >= 15 is 0 Å². The molecule has 3 nitrogen and oxygen atoms in total. The van der Waals surface area contributed by atoms with E-state index in [9.17, 15) is 4.79 Å². The van der Waals surface area contributed by atoms with E-state index in [-0.39, 0.29) is 11.9 Å². The minimum atomic E-state index is 0.0765. The lowest BCUT2D eigenvalue weighted by atomic mass is 10.1. The Labute approximate surface area is 140 Å². The van der Waals surface area contributed by atoms with Crippen LogP contribution in [0.5, 0.6) is 0 Å². The molecule has 0 aromatic heterocycles. The Bertz CT molecular complexity index is 615. The van der Waals surface area contributed by atoms with Crippen LogP contribution in [0.1, 0.15) is 25.5 Å². The Hall–Kier alpha value is -1.65. The Morgan fingerprint density at radius 3 is 2.41 bits per heavy atom. The second-order valence-electron chi connectivity index (χ2n) is 5.10. The lowest BCUT2D eigenvalue weighted by molar-refractivity contribution is -0.117. The quantitative estimate of drug-likeness (QED) is 0.838. The van der Waals surface area contributed by atoms with E-state index in [1.165, 1.54) is 0 Å². The Morgan fingerprint density at radius 2 is 1.77 bits per heavy atom. The minimum absolute atomic E-state index is 0.0765. The van der Waals surface area contributed by atoms with E-state index in [2.05, 4.69) is 34.2 Å². The summed E-state index contributed by atoms with van der Waals surface area (Å²) in [5, 5.41) is 3.30.